The van der Waals surface area contributed by atoms with Crippen molar-refractivity contribution in [1.82, 2.24) is 15.1 Å². The highest BCUT2D eigenvalue weighted by atomic mass is 35.5. The van der Waals surface area contributed by atoms with Crippen LogP contribution < -0.4 is 5.32 Å². The van der Waals surface area contributed by atoms with Crippen LogP contribution in [0.5, 0.6) is 0 Å². The minimum absolute atomic E-state index is 0.00586. The molecule has 0 aliphatic carbocycles. The number of nitrogens with one attached hydrogen (secondary N) is 1. The molecule has 1 aliphatic heterocycles. The van der Waals surface area contributed by atoms with E-state index in [-0.39, 0.29) is 24.8 Å². The summed E-state index contributed by atoms with van der Waals surface area (Å²) in [5, 5.41) is 3.08. The Bertz CT molecular complexity index is 850. The first-order valence-electron chi connectivity index (χ1n) is 9.09. The van der Waals surface area contributed by atoms with Gasteiger partial charge in [0.05, 0.1) is 19.0 Å². The molecular formula is C20H23ClFN3O3. The average Bonchev–Trinajstić information content (AvgIpc) is 3.05. The van der Waals surface area contributed by atoms with Crippen molar-refractivity contribution in [2.45, 2.75) is 32.5 Å². The Morgan fingerprint density at radius 2 is 2.18 bits per heavy atom. The lowest BCUT2D eigenvalue weighted by molar-refractivity contribution is -0.138. The third kappa shape index (κ3) is 4.72. The number of hydrogen-bond acceptors (Lipinski definition) is 4. The van der Waals surface area contributed by atoms with E-state index in [1.54, 1.807) is 18.0 Å². The van der Waals surface area contributed by atoms with E-state index in [9.17, 15) is 14.0 Å². The Labute approximate surface area is 168 Å². The number of piperazine rings is 1. The van der Waals surface area contributed by atoms with Crippen LogP contribution >= 0.6 is 11.6 Å². The van der Waals surface area contributed by atoms with Crippen LogP contribution in [0.4, 0.5) is 4.39 Å². The standard InChI is InChI=1S/C20H23ClFN3O3/c1-13-6-7-14(28-13)11-24(2)19(26)10-18-20(27)23-8-9-25(18)12-15-16(21)4-3-5-17(15)22/h3-7,18H,8-12H2,1-2H3,(H,23,27). The van der Waals surface area contributed by atoms with Crippen LogP contribution in [0.3, 0.4) is 0 Å². The van der Waals surface area contributed by atoms with Gasteiger partial charge in [0.25, 0.3) is 0 Å². The van der Waals surface area contributed by atoms with Gasteiger partial charge in [0.15, 0.2) is 0 Å². The summed E-state index contributed by atoms with van der Waals surface area (Å²) in [6.45, 7) is 3.27. The zero-order valence-electron chi connectivity index (χ0n) is 15.9. The first-order chi connectivity index (χ1) is 13.3. The fourth-order valence-electron chi connectivity index (χ4n) is 3.27. The van der Waals surface area contributed by atoms with E-state index in [1.807, 2.05) is 19.1 Å². The lowest BCUT2D eigenvalue weighted by atomic mass is 10.1. The van der Waals surface area contributed by atoms with Crippen molar-refractivity contribution >= 4 is 23.4 Å². The number of rotatable bonds is 6. The summed E-state index contributed by atoms with van der Waals surface area (Å²) in [5.74, 6) is 0.593. The molecule has 3 rings (SSSR count). The average molecular weight is 408 g/mol. The van der Waals surface area contributed by atoms with Gasteiger partial charge in [-0.05, 0) is 31.2 Å². The minimum Gasteiger partial charge on any atom is -0.464 e. The molecule has 1 saturated heterocycles. The van der Waals surface area contributed by atoms with Crippen molar-refractivity contribution in [2.75, 3.05) is 20.1 Å². The van der Waals surface area contributed by atoms with Gasteiger partial charge in [0, 0.05) is 37.3 Å². The van der Waals surface area contributed by atoms with E-state index in [1.165, 1.54) is 17.0 Å². The molecule has 0 radical (unpaired) electrons. The maximum absolute atomic E-state index is 14.2. The normalized spacial score (nSPS) is 17.4. The zero-order chi connectivity index (χ0) is 20.3. The number of aryl methyl sites for hydroxylation is 1. The van der Waals surface area contributed by atoms with Gasteiger partial charge in [-0.25, -0.2) is 4.39 Å². The second-order valence-corrected chi connectivity index (χ2v) is 7.35. The Morgan fingerprint density at radius 3 is 2.86 bits per heavy atom. The number of hydrogen-bond donors (Lipinski definition) is 1. The van der Waals surface area contributed by atoms with Crippen molar-refractivity contribution in [3.63, 3.8) is 0 Å². The molecule has 1 N–H and O–H groups in total. The first kappa shape index (κ1) is 20.4. The van der Waals surface area contributed by atoms with Crippen molar-refractivity contribution in [2.24, 2.45) is 0 Å². The number of furan rings is 1. The van der Waals surface area contributed by atoms with Crippen molar-refractivity contribution in [1.29, 1.82) is 0 Å². The van der Waals surface area contributed by atoms with Gasteiger partial charge >= 0.3 is 0 Å². The molecule has 0 saturated carbocycles. The molecule has 2 amide bonds. The highest BCUT2D eigenvalue weighted by Crippen LogP contribution is 2.23. The summed E-state index contributed by atoms with van der Waals surface area (Å²) >= 11 is 6.13. The van der Waals surface area contributed by atoms with Gasteiger partial charge in [-0.3, -0.25) is 14.5 Å². The van der Waals surface area contributed by atoms with Gasteiger partial charge in [-0.2, -0.15) is 0 Å². The minimum atomic E-state index is -0.683. The number of nitrogens with zero attached hydrogens (tertiary/aromatic N) is 2. The monoisotopic (exact) mass is 407 g/mol. The highest BCUT2D eigenvalue weighted by Gasteiger charge is 2.33. The van der Waals surface area contributed by atoms with E-state index in [4.69, 9.17) is 16.0 Å². The van der Waals surface area contributed by atoms with Crippen LogP contribution in [0, 0.1) is 12.7 Å². The molecule has 150 valence electrons. The number of carbonyl (C=O) groups is 2. The van der Waals surface area contributed by atoms with E-state index in [0.29, 0.717) is 36.0 Å². The van der Waals surface area contributed by atoms with Crippen LogP contribution in [0.2, 0.25) is 5.02 Å². The molecule has 1 fully saturated rings. The Hall–Kier alpha value is -2.38. The van der Waals surface area contributed by atoms with Crippen LogP contribution in [0.25, 0.3) is 0 Å². The molecule has 1 unspecified atom stereocenters. The SMILES string of the molecule is Cc1ccc(CN(C)C(=O)CC2C(=O)NCCN2Cc2c(F)cccc2Cl)o1. The third-order valence-electron chi connectivity index (χ3n) is 4.85. The third-order valence-corrected chi connectivity index (χ3v) is 5.20. The molecule has 1 aliphatic rings. The lowest BCUT2D eigenvalue weighted by Gasteiger charge is -2.35. The Kier molecular flexibility index (Phi) is 6.36. The predicted octanol–water partition coefficient (Wildman–Crippen LogP) is 2.73. The van der Waals surface area contributed by atoms with Gasteiger partial charge in [-0.15, -0.1) is 0 Å². The molecule has 2 heterocycles. The topological polar surface area (TPSA) is 65.8 Å². The molecule has 2 aromatic rings. The maximum atomic E-state index is 14.2. The summed E-state index contributed by atoms with van der Waals surface area (Å²) < 4.78 is 19.7. The lowest BCUT2D eigenvalue weighted by Crippen LogP contribution is -2.56. The first-order valence-corrected chi connectivity index (χ1v) is 9.47. The highest BCUT2D eigenvalue weighted by molar-refractivity contribution is 6.31. The number of amides is 2. The van der Waals surface area contributed by atoms with Gasteiger partial charge < -0.3 is 14.6 Å². The van der Waals surface area contributed by atoms with Gasteiger partial charge in [0.2, 0.25) is 11.8 Å². The molecule has 1 aromatic carbocycles. The molecule has 6 nitrogen and oxygen atoms in total. The summed E-state index contributed by atoms with van der Waals surface area (Å²) in [6.07, 6.45) is -0.00586. The Morgan fingerprint density at radius 1 is 1.39 bits per heavy atom. The van der Waals surface area contributed by atoms with Crippen LogP contribution in [-0.2, 0) is 22.7 Å². The van der Waals surface area contributed by atoms with Crippen LogP contribution in [0.1, 0.15) is 23.5 Å². The van der Waals surface area contributed by atoms with E-state index in [0.717, 1.165) is 5.76 Å². The predicted molar refractivity (Wildman–Crippen MR) is 103 cm³/mol. The summed E-state index contributed by atoms with van der Waals surface area (Å²) in [7, 11) is 1.67. The fourth-order valence-corrected chi connectivity index (χ4v) is 3.50. The van der Waals surface area contributed by atoms with E-state index < -0.39 is 11.9 Å². The van der Waals surface area contributed by atoms with E-state index >= 15 is 0 Å². The van der Waals surface area contributed by atoms with Gasteiger partial charge in [-0.1, -0.05) is 17.7 Å². The smallest absolute Gasteiger partial charge is 0.237 e. The van der Waals surface area contributed by atoms with Crippen LogP contribution in [-0.4, -0.2) is 47.8 Å². The molecule has 8 heteroatoms. The molecule has 1 atom stereocenters. The summed E-state index contributed by atoms with van der Waals surface area (Å²) in [5.41, 5.74) is 0.329. The molecule has 0 bridgehead atoms. The number of halogens is 2. The Balaban J connectivity index is 1.70. The number of carbonyl (C=O) groups excluding carboxylic acids is 2. The van der Waals surface area contributed by atoms with Crippen LogP contribution in [0.15, 0.2) is 34.7 Å². The molecular weight excluding hydrogens is 385 g/mol. The van der Waals surface area contributed by atoms with Gasteiger partial charge in [0.1, 0.15) is 17.3 Å². The van der Waals surface area contributed by atoms with Crippen molar-refractivity contribution in [3.8, 4) is 0 Å². The number of benzene rings is 1. The summed E-state index contributed by atoms with van der Waals surface area (Å²) in [4.78, 5) is 28.4. The molecule has 1 aromatic heterocycles. The zero-order valence-corrected chi connectivity index (χ0v) is 16.6. The molecule has 28 heavy (non-hydrogen) atoms. The van der Waals surface area contributed by atoms with Crippen molar-refractivity contribution in [3.05, 3.63) is 58.3 Å². The van der Waals surface area contributed by atoms with E-state index in [2.05, 4.69) is 5.32 Å². The van der Waals surface area contributed by atoms with Crippen molar-refractivity contribution < 1.29 is 18.4 Å². The largest absolute Gasteiger partial charge is 0.464 e. The fraction of sp³-hybridized carbons (Fsp3) is 0.400. The summed E-state index contributed by atoms with van der Waals surface area (Å²) in [6, 6.07) is 7.46. The second kappa shape index (κ2) is 8.75. The second-order valence-electron chi connectivity index (χ2n) is 6.94. The quantitative estimate of drug-likeness (QED) is 0.799. The maximum Gasteiger partial charge on any atom is 0.237 e. The molecule has 0 spiro atoms.